The first kappa shape index (κ1) is 20.7. The topological polar surface area (TPSA) is 70.2 Å². The molecule has 1 saturated heterocycles. The van der Waals surface area contributed by atoms with Gasteiger partial charge in [-0.1, -0.05) is 12.8 Å². The van der Waals surface area contributed by atoms with Crippen molar-refractivity contribution in [3.63, 3.8) is 0 Å². The molecule has 0 spiro atoms. The Morgan fingerprint density at radius 1 is 1.15 bits per heavy atom. The molecular weight excluding hydrogens is 350 g/mol. The number of hydrogen-bond acceptors (Lipinski definition) is 3. The highest BCUT2D eigenvalue weighted by atomic mass is 35.5. The van der Waals surface area contributed by atoms with Crippen LogP contribution in [0.4, 0.5) is 5.69 Å². The zero-order valence-corrected chi connectivity index (χ0v) is 16.5. The summed E-state index contributed by atoms with van der Waals surface area (Å²) < 4.78 is 0. The third-order valence-corrected chi connectivity index (χ3v) is 5.43. The minimum Gasteiger partial charge on any atom is -0.349 e. The third kappa shape index (κ3) is 5.21. The first-order chi connectivity index (χ1) is 12.0. The lowest BCUT2D eigenvalue weighted by Crippen LogP contribution is -2.40. The summed E-state index contributed by atoms with van der Waals surface area (Å²) in [5.74, 6) is 0.126. The van der Waals surface area contributed by atoms with Crippen LogP contribution in [0.5, 0.6) is 0 Å². The molecule has 1 aromatic carbocycles. The van der Waals surface area contributed by atoms with E-state index in [4.69, 9.17) is 0 Å². The summed E-state index contributed by atoms with van der Waals surface area (Å²) in [7, 11) is 0. The standard InChI is InChI=1S/C20H29N3O2.ClH/c1-13-11-15(19(24)22-17-5-3-4-6-17)7-8-18(13)23-20(25)16-9-10-21-14(2)12-16;/h7-8,11,14,16-17,21H,3-6,9-10,12H2,1-2H3,(H,22,24)(H,23,25);1H/t14-,16-;/m0./s1. The summed E-state index contributed by atoms with van der Waals surface area (Å²) in [4.78, 5) is 24.9. The summed E-state index contributed by atoms with van der Waals surface area (Å²) in [6, 6.07) is 6.21. The van der Waals surface area contributed by atoms with Gasteiger partial charge in [0, 0.05) is 29.3 Å². The second-order valence-electron chi connectivity index (χ2n) is 7.55. The third-order valence-electron chi connectivity index (χ3n) is 5.43. The van der Waals surface area contributed by atoms with Crippen LogP contribution in [-0.4, -0.2) is 30.4 Å². The van der Waals surface area contributed by atoms with Gasteiger partial charge in [-0.15, -0.1) is 12.4 Å². The van der Waals surface area contributed by atoms with E-state index in [2.05, 4.69) is 22.9 Å². The summed E-state index contributed by atoms with van der Waals surface area (Å²) in [6.45, 7) is 4.94. The van der Waals surface area contributed by atoms with Crippen molar-refractivity contribution in [2.75, 3.05) is 11.9 Å². The molecule has 5 nitrogen and oxygen atoms in total. The summed E-state index contributed by atoms with van der Waals surface area (Å²) in [6.07, 6.45) is 6.29. The number of piperidine rings is 1. The number of carbonyl (C=O) groups excluding carboxylic acids is 2. The predicted molar refractivity (Wildman–Crippen MR) is 107 cm³/mol. The number of benzene rings is 1. The lowest BCUT2D eigenvalue weighted by molar-refractivity contribution is -0.120. The van der Waals surface area contributed by atoms with Crippen molar-refractivity contribution in [1.29, 1.82) is 0 Å². The number of halogens is 1. The average molecular weight is 380 g/mol. The fourth-order valence-corrected chi connectivity index (χ4v) is 3.89. The van der Waals surface area contributed by atoms with Gasteiger partial charge in [-0.05, 0) is 69.8 Å². The monoisotopic (exact) mass is 379 g/mol. The normalized spacial score (nSPS) is 23.2. The van der Waals surface area contributed by atoms with E-state index >= 15 is 0 Å². The zero-order valence-electron chi connectivity index (χ0n) is 15.6. The number of nitrogens with one attached hydrogen (secondary N) is 3. The van der Waals surface area contributed by atoms with Crippen LogP contribution in [0.15, 0.2) is 18.2 Å². The molecule has 144 valence electrons. The molecule has 6 heteroatoms. The van der Waals surface area contributed by atoms with Gasteiger partial charge in [0.1, 0.15) is 0 Å². The first-order valence-corrected chi connectivity index (χ1v) is 9.48. The molecule has 0 unspecified atom stereocenters. The molecule has 1 aliphatic carbocycles. The Hall–Kier alpha value is -1.59. The second-order valence-corrected chi connectivity index (χ2v) is 7.55. The summed E-state index contributed by atoms with van der Waals surface area (Å²) >= 11 is 0. The second kappa shape index (κ2) is 9.38. The summed E-state index contributed by atoms with van der Waals surface area (Å²) in [5.41, 5.74) is 2.39. The van der Waals surface area contributed by atoms with E-state index in [1.807, 2.05) is 19.1 Å². The molecule has 2 aliphatic rings. The van der Waals surface area contributed by atoms with Crippen LogP contribution < -0.4 is 16.0 Å². The first-order valence-electron chi connectivity index (χ1n) is 9.48. The maximum atomic E-state index is 12.5. The highest BCUT2D eigenvalue weighted by Gasteiger charge is 2.25. The van der Waals surface area contributed by atoms with Crippen LogP contribution in [0.25, 0.3) is 0 Å². The number of anilines is 1. The Bertz CT molecular complexity index is 644. The van der Waals surface area contributed by atoms with Gasteiger partial charge in [0.25, 0.3) is 5.91 Å². The van der Waals surface area contributed by atoms with Crippen LogP contribution in [0.2, 0.25) is 0 Å². The quantitative estimate of drug-likeness (QED) is 0.750. The van der Waals surface area contributed by atoms with Crippen molar-refractivity contribution in [1.82, 2.24) is 10.6 Å². The van der Waals surface area contributed by atoms with Crippen molar-refractivity contribution in [3.05, 3.63) is 29.3 Å². The van der Waals surface area contributed by atoms with Gasteiger partial charge in [0.2, 0.25) is 5.91 Å². The fraction of sp³-hybridized carbons (Fsp3) is 0.600. The minimum absolute atomic E-state index is 0. The average Bonchev–Trinajstić information content (AvgIpc) is 3.09. The van der Waals surface area contributed by atoms with E-state index in [0.717, 1.165) is 43.5 Å². The van der Waals surface area contributed by atoms with Crippen LogP contribution in [-0.2, 0) is 4.79 Å². The molecule has 0 radical (unpaired) electrons. The largest absolute Gasteiger partial charge is 0.349 e. The van der Waals surface area contributed by atoms with Crippen molar-refractivity contribution >= 4 is 29.9 Å². The predicted octanol–water partition coefficient (Wildman–Crippen LogP) is 3.42. The van der Waals surface area contributed by atoms with E-state index < -0.39 is 0 Å². The SMILES string of the molecule is Cc1cc(C(=O)NC2CCCC2)ccc1NC(=O)[C@H]1CCN[C@@H](C)C1.Cl. The van der Waals surface area contributed by atoms with E-state index in [1.54, 1.807) is 6.07 Å². The van der Waals surface area contributed by atoms with Gasteiger partial charge < -0.3 is 16.0 Å². The molecule has 2 fully saturated rings. The van der Waals surface area contributed by atoms with Gasteiger partial charge in [0.15, 0.2) is 0 Å². The van der Waals surface area contributed by atoms with Crippen LogP contribution in [0.1, 0.15) is 61.4 Å². The van der Waals surface area contributed by atoms with Crippen molar-refractivity contribution in [3.8, 4) is 0 Å². The van der Waals surface area contributed by atoms with Gasteiger partial charge in [-0.2, -0.15) is 0 Å². The summed E-state index contributed by atoms with van der Waals surface area (Å²) in [5, 5.41) is 9.51. The van der Waals surface area contributed by atoms with Crippen molar-refractivity contribution < 1.29 is 9.59 Å². The molecule has 2 atom stereocenters. The van der Waals surface area contributed by atoms with Crippen LogP contribution >= 0.6 is 12.4 Å². The lowest BCUT2D eigenvalue weighted by Gasteiger charge is -2.27. The molecule has 3 rings (SSSR count). The Morgan fingerprint density at radius 3 is 2.54 bits per heavy atom. The van der Waals surface area contributed by atoms with E-state index in [9.17, 15) is 9.59 Å². The van der Waals surface area contributed by atoms with Crippen molar-refractivity contribution in [2.24, 2.45) is 5.92 Å². The highest BCUT2D eigenvalue weighted by Crippen LogP contribution is 2.22. The fourth-order valence-electron chi connectivity index (χ4n) is 3.89. The van der Waals surface area contributed by atoms with Gasteiger partial charge in [-0.25, -0.2) is 0 Å². The molecule has 1 heterocycles. The van der Waals surface area contributed by atoms with Gasteiger partial charge in [0.05, 0.1) is 0 Å². The number of aryl methyl sites for hydroxylation is 1. The maximum Gasteiger partial charge on any atom is 0.251 e. The van der Waals surface area contributed by atoms with E-state index in [1.165, 1.54) is 12.8 Å². The number of hydrogen-bond donors (Lipinski definition) is 3. The Balaban J connectivity index is 0.00000243. The molecule has 1 saturated carbocycles. The van der Waals surface area contributed by atoms with Crippen molar-refractivity contribution in [2.45, 2.75) is 64.5 Å². The minimum atomic E-state index is -0.0138. The molecule has 26 heavy (non-hydrogen) atoms. The Morgan fingerprint density at radius 2 is 1.88 bits per heavy atom. The smallest absolute Gasteiger partial charge is 0.251 e. The molecule has 0 bridgehead atoms. The Kier molecular flexibility index (Phi) is 7.47. The van der Waals surface area contributed by atoms with E-state index in [0.29, 0.717) is 17.6 Å². The Labute approximate surface area is 162 Å². The molecule has 3 N–H and O–H groups in total. The van der Waals surface area contributed by atoms with Gasteiger partial charge >= 0.3 is 0 Å². The number of amides is 2. The molecule has 1 aliphatic heterocycles. The number of rotatable bonds is 4. The molecule has 2 amide bonds. The molecule has 0 aromatic heterocycles. The van der Waals surface area contributed by atoms with Gasteiger partial charge in [-0.3, -0.25) is 9.59 Å². The maximum absolute atomic E-state index is 12.5. The molecule has 1 aromatic rings. The van der Waals surface area contributed by atoms with Crippen LogP contribution in [0, 0.1) is 12.8 Å². The van der Waals surface area contributed by atoms with E-state index in [-0.39, 0.29) is 30.1 Å². The molecular formula is C20H30ClN3O2. The van der Waals surface area contributed by atoms with Crippen LogP contribution in [0.3, 0.4) is 0 Å². The number of carbonyl (C=O) groups is 2. The zero-order chi connectivity index (χ0) is 17.8. The lowest BCUT2D eigenvalue weighted by atomic mass is 9.92. The highest BCUT2D eigenvalue weighted by molar-refractivity contribution is 5.97.